The monoisotopic (exact) mass is 460 g/mol. The molecule has 0 fully saturated rings. The highest BCUT2D eigenvalue weighted by Gasteiger charge is 2.24. The Bertz CT molecular complexity index is 1150. The molecule has 0 saturated carbocycles. The Kier molecular flexibility index (Phi) is 7.23. The number of carbonyl (C=O) groups is 1. The van der Waals surface area contributed by atoms with E-state index in [2.05, 4.69) is 12.2 Å². The summed E-state index contributed by atoms with van der Waals surface area (Å²) in [7, 11) is -2.19. The van der Waals surface area contributed by atoms with Crippen molar-refractivity contribution in [3.05, 3.63) is 53.4 Å². The second kappa shape index (κ2) is 9.70. The molecule has 0 radical (unpaired) electrons. The third kappa shape index (κ3) is 5.02. The van der Waals surface area contributed by atoms with Crippen molar-refractivity contribution in [3.63, 3.8) is 0 Å². The molecule has 31 heavy (non-hydrogen) atoms. The van der Waals surface area contributed by atoms with Crippen LogP contribution in [0.3, 0.4) is 0 Å². The van der Waals surface area contributed by atoms with E-state index in [4.69, 9.17) is 4.74 Å². The number of hydrogen-bond acceptors (Lipinski definition) is 5. The van der Waals surface area contributed by atoms with Gasteiger partial charge in [-0.2, -0.15) is 0 Å². The quantitative estimate of drug-likeness (QED) is 0.485. The largest absolute Gasteiger partial charge is 0.497 e. The number of amides is 1. The second-order valence-electron chi connectivity index (χ2n) is 7.34. The lowest BCUT2D eigenvalue weighted by molar-refractivity contribution is 0.0942. The van der Waals surface area contributed by atoms with Crippen molar-refractivity contribution in [1.82, 2.24) is 5.32 Å². The zero-order valence-corrected chi connectivity index (χ0v) is 19.8. The molecule has 1 aromatic heterocycles. The number of thiophene rings is 1. The summed E-state index contributed by atoms with van der Waals surface area (Å²) in [6, 6.07) is 13.8. The summed E-state index contributed by atoms with van der Waals surface area (Å²) >= 11 is 1.41. The molecule has 0 unspecified atom stereocenters. The first kappa shape index (κ1) is 23.1. The highest BCUT2D eigenvalue weighted by molar-refractivity contribution is 7.92. The van der Waals surface area contributed by atoms with E-state index in [9.17, 15) is 13.2 Å². The number of benzene rings is 2. The van der Waals surface area contributed by atoms with Crippen LogP contribution in [0.5, 0.6) is 5.75 Å². The number of nitrogens with one attached hydrogen (secondary N) is 1. The van der Waals surface area contributed by atoms with Gasteiger partial charge in [0.1, 0.15) is 5.75 Å². The smallest absolute Gasteiger partial charge is 0.264 e. The molecular formula is C23H28N2O4S2. The van der Waals surface area contributed by atoms with Gasteiger partial charge in [-0.3, -0.25) is 9.10 Å². The van der Waals surface area contributed by atoms with Gasteiger partial charge in [0, 0.05) is 17.3 Å². The summed E-state index contributed by atoms with van der Waals surface area (Å²) in [6.07, 6.45) is 1.93. The molecule has 1 heterocycles. The van der Waals surface area contributed by atoms with Crippen LogP contribution in [0, 0.1) is 0 Å². The lowest BCUT2D eigenvalue weighted by atomic mass is 10.2. The predicted octanol–water partition coefficient (Wildman–Crippen LogP) is 5.04. The van der Waals surface area contributed by atoms with E-state index in [0.717, 1.165) is 22.9 Å². The molecule has 3 rings (SSSR count). The van der Waals surface area contributed by atoms with Crippen LogP contribution in [0.4, 0.5) is 5.69 Å². The molecule has 0 aliphatic carbocycles. The molecule has 0 bridgehead atoms. The molecule has 1 N–H and O–H groups in total. The molecule has 166 valence electrons. The molecular weight excluding hydrogens is 432 g/mol. The van der Waals surface area contributed by atoms with Crippen molar-refractivity contribution in [3.8, 4) is 5.75 Å². The number of fused-ring (bicyclic) bond motifs is 1. The minimum atomic E-state index is -3.73. The molecule has 0 aliphatic rings. The van der Waals surface area contributed by atoms with Crippen LogP contribution in [0.1, 0.15) is 43.3 Å². The normalized spacial score (nSPS) is 12.5. The number of hydrogen-bond donors (Lipinski definition) is 1. The predicted molar refractivity (Wildman–Crippen MR) is 127 cm³/mol. The minimum Gasteiger partial charge on any atom is -0.497 e. The SMILES string of the molecule is CCC[C@@H](C)NC(=O)c1cc2cc(N(CC)S(=O)(=O)c3ccc(OC)cc3)ccc2s1. The Morgan fingerprint density at radius 1 is 1.13 bits per heavy atom. The van der Waals surface area contributed by atoms with Crippen LogP contribution < -0.4 is 14.4 Å². The third-order valence-corrected chi connectivity index (χ3v) is 8.08. The molecule has 8 heteroatoms. The van der Waals surface area contributed by atoms with Crippen LogP contribution in [-0.4, -0.2) is 34.0 Å². The van der Waals surface area contributed by atoms with Gasteiger partial charge in [-0.25, -0.2) is 8.42 Å². The first-order chi connectivity index (χ1) is 14.8. The van der Waals surface area contributed by atoms with Gasteiger partial charge in [0.25, 0.3) is 15.9 Å². The molecule has 0 aliphatic heterocycles. The minimum absolute atomic E-state index is 0.0955. The molecule has 0 spiro atoms. The number of nitrogens with zero attached hydrogens (tertiary/aromatic N) is 1. The van der Waals surface area contributed by atoms with Crippen molar-refractivity contribution in [2.75, 3.05) is 18.0 Å². The Morgan fingerprint density at radius 3 is 2.45 bits per heavy atom. The van der Waals surface area contributed by atoms with Gasteiger partial charge < -0.3 is 10.1 Å². The van der Waals surface area contributed by atoms with Gasteiger partial charge in [0.15, 0.2) is 0 Å². The lowest BCUT2D eigenvalue weighted by Crippen LogP contribution is -2.31. The molecule has 2 aromatic carbocycles. The fourth-order valence-electron chi connectivity index (χ4n) is 3.46. The van der Waals surface area contributed by atoms with Gasteiger partial charge in [-0.05, 0) is 74.2 Å². The van der Waals surface area contributed by atoms with Crippen molar-refractivity contribution < 1.29 is 17.9 Å². The molecule has 6 nitrogen and oxygen atoms in total. The summed E-state index contributed by atoms with van der Waals surface area (Å²) < 4.78 is 33.9. The van der Waals surface area contributed by atoms with Crippen LogP contribution in [0.15, 0.2) is 53.4 Å². The first-order valence-corrected chi connectivity index (χ1v) is 12.6. The zero-order chi connectivity index (χ0) is 22.6. The van der Waals surface area contributed by atoms with Crippen LogP contribution in [-0.2, 0) is 10.0 Å². The number of ether oxygens (including phenoxy) is 1. The van der Waals surface area contributed by atoms with Gasteiger partial charge in [-0.1, -0.05) is 13.3 Å². The summed E-state index contributed by atoms with van der Waals surface area (Å²) in [5.74, 6) is 0.502. The summed E-state index contributed by atoms with van der Waals surface area (Å²) in [5, 5.41) is 3.86. The summed E-state index contributed by atoms with van der Waals surface area (Å²) in [6.45, 7) is 6.16. The van der Waals surface area contributed by atoms with Crippen molar-refractivity contribution in [2.45, 2.75) is 44.6 Å². The number of sulfonamides is 1. The number of carbonyl (C=O) groups excluding carboxylic acids is 1. The zero-order valence-electron chi connectivity index (χ0n) is 18.2. The van der Waals surface area contributed by atoms with Gasteiger partial charge in [-0.15, -0.1) is 11.3 Å². The third-order valence-electron chi connectivity index (χ3n) is 5.05. The van der Waals surface area contributed by atoms with Gasteiger partial charge >= 0.3 is 0 Å². The summed E-state index contributed by atoms with van der Waals surface area (Å²) in [5.41, 5.74) is 0.565. The van der Waals surface area contributed by atoms with Crippen molar-refractivity contribution in [2.24, 2.45) is 0 Å². The van der Waals surface area contributed by atoms with Crippen LogP contribution in [0.2, 0.25) is 0 Å². The van der Waals surface area contributed by atoms with E-state index < -0.39 is 10.0 Å². The molecule has 1 amide bonds. The Hall–Kier alpha value is -2.58. The van der Waals surface area contributed by atoms with E-state index >= 15 is 0 Å². The maximum atomic E-state index is 13.2. The fourth-order valence-corrected chi connectivity index (χ4v) is 5.88. The van der Waals surface area contributed by atoms with Crippen molar-refractivity contribution in [1.29, 1.82) is 0 Å². The molecule has 3 aromatic rings. The Morgan fingerprint density at radius 2 is 1.84 bits per heavy atom. The number of rotatable bonds is 9. The average molecular weight is 461 g/mol. The molecule has 1 atom stereocenters. The topological polar surface area (TPSA) is 75.7 Å². The van der Waals surface area contributed by atoms with E-state index in [1.54, 1.807) is 37.3 Å². The molecule has 0 saturated heterocycles. The maximum absolute atomic E-state index is 13.2. The Balaban J connectivity index is 1.90. The second-order valence-corrected chi connectivity index (χ2v) is 10.3. The Labute approximate surface area is 187 Å². The number of anilines is 1. The highest BCUT2D eigenvalue weighted by atomic mass is 32.2. The highest BCUT2D eigenvalue weighted by Crippen LogP contribution is 2.32. The number of methoxy groups -OCH3 is 1. The van der Waals surface area contributed by atoms with E-state index in [-0.39, 0.29) is 23.4 Å². The lowest BCUT2D eigenvalue weighted by Gasteiger charge is -2.23. The summed E-state index contributed by atoms with van der Waals surface area (Å²) in [4.78, 5) is 13.4. The maximum Gasteiger partial charge on any atom is 0.264 e. The van der Waals surface area contributed by atoms with E-state index in [1.165, 1.54) is 22.8 Å². The van der Waals surface area contributed by atoms with Crippen LogP contribution >= 0.6 is 11.3 Å². The standard InChI is InChI=1S/C23H28N2O4S2/c1-5-7-16(3)24-23(26)22-15-17-14-18(8-13-21(17)30-22)25(6-2)31(27,28)20-11-9-19(29-4)10-12-20/h8-16H,5-7H2,1-4H3,(H,24,26)/t16-/m1/s1. The van der Waals surface area contributed by atoms with Gasteiger partial charge in [0.05, 0.1) is 22.6 Å². The van der Waals surface area contributed by atoms with E-state index in [0.29, 0.717) is 16.3 Å². The first-order valence-electron chi connectivity index (χ1n) is 10.3. The van der Waals surface area contributed by atoms with Gasteiger partial charge in [0.2, 0.25) is 0 Å². The fraction of sp³-hybridized carbons (Fsp3) is 0.348. The van der Waals surface area contributed by atoms with Crippen LogP contribution in [0.25, 0.3) is 10.1 Å². The van der Waals surface area contributed by atoms with Crippen molar-refractivity contribution >= 4 is 43.0 Å². The average Bonchev–Trinajstić information content (AvgIpc) is 3.18. The van der Waals surface area contributed by atoms with E-state index in [1.807, 2.05) is 25.1 Å².